The van der Waals surface area contributed by atoms with E-state index in [1.165, 1.54) is 7.11 Å². The standard InChI is InChI=1S/C24H26N6O4S/c1-33-21-8-16(13-30-7-3-6-26-30)9-22-23(21)24(27-34-22)28-35(31,32)20-5-2-4-19(10-20)29-14-17-11-25-12-18(17)15-29/h2-10,17-18,25H,11-15H2,1H3,(H,27,28)/t17-,18-/m0/s1. The third kappa shape index (κ3) is 4.10. The molecule has 0 unspecified atom stereocenters. The average molecular weight is 495 g/mol. The molecule has 182 valence electrons. The molecule has 35 heavy (non-hydrogen) atoms. The van der Waals surface area contributed by atoms with Crippen LogP contribution >= 0.6 is 0 Å². The minimum absolute atomic E-state index is 0.0923. The van der Waals surface area contributed by atoms with Gasteiger partial charge < -0.3 is 19.5 Å². The van der Waals surface area contributed by atoms with Crippen molar-refractivity contribution >= 4 is 32.5 Å². The first-order valence-corrected chi connectivity index (χ1v) is 13.0. The van der Waals surface area contributed by atoms with E-state index in [9.17, 15) is 8.42 Å². The summed E-state index contributed by atoms with van der Waals surface area (Å²) in [6.07, 6.45) is 3.56. The number of anilines is 2. The number of sulfonamides is 1. The Morgan fingerprint density at radius 2 is 2.00 bits per heavy atom. The number of benzene rings is 2. The van der Waals surface area contributed by atoms with Gasteiger partial charge in [-0.2, -0.15) is 5.10 Å². The molecule has 2 aromatic heterocycles. The van der Waals surface area contributed by atoms with Gasteiger partial charge in [-0.3, -0.25) is 9.40 Å². The van der Waals surface area contributed by atoms with Crippen LogP contribution in [-0.2, 0) is 16.6 Å². The van der Waals surface area contributed by atoms with Crippen LogP contribution in [0.5, 0.6) is 5.75 Å². The molecule has 2 saturated heterocycles. The summed E-state index contributed by atoms with van der Waals surface area (Å²) in [6.45, 7) is 4.42. The van der Waals surface area contributed by atoms with Crippen LogP contribution in [-0.4, -0.2) is 56.6 Å². The number of ether oxygens (including phenoxy) is 1. The number of nitrogens with zero attached hydrogens (tertiary/aromatic N) is 4. The minimum atomic E-state index is -3.90. The molecule has 2 aliphatic rings. The second-order valence-electron chi connectivity index (χ2n) is 9.09. The van der Waals surface area contributed by atoms with Crippen LogP contribution in [0.15, 0.2) is 64.3 Å². The molecule has 10 nitrogen and oxygen atoms in total. The van der Waals surface area contributed by atoms with E-state index in [0.717, 1.165) is 37.4 Å². The van der Waals surface area contributed by atoms with Gasteiger partial charge in [0.15, 0.2) is 11.4 Å². The lowest BCUT2D eigenvalue weighted by atomic mass is 10.0. The number of hydrogen-bond acceptors (Lipinski definition) is 8. The summed E-state index contributed by atoms with van der Waals surface area (Å²) in [7, 11) is -2.37. The number of hydrogen-bond donors (Lipinski definition) is 2. The second kappa shape index (κ2) is 8.58. The van der Waals surface area contributed by atoms with Gasteiger partial charge in [0.25, 0.3) is 10.0 Å². The molecule has 6 rings (SSSR count). The zero-order chi connectivity index (χ0) is 24.0. The van der Waals surface area contributed by atoms with Crippen molar-refractivity contribution in [2.24, 2.45) is 11.8 Å². The molecule has 0 radical (unpaired) electrons. The van der Waals surface area contributed by atoms with E-state index in [0.29, 0.717) is 35.1 Å². The number of methoxy groups -OCH3 is 1. The molecule has 4 heterocycles. The van der Waals surface area contributed by atoms with E-state index in [1.807, 2.05) is 30.5 Å². The normalized spacial score (nSPS) is 19.9. The highest BCUT2D eigenvalue weighted by Crippen LogP contribution is 2.36. The molecule has 2 N–H and O–H groups in total. The highest BCUT2D eigenvalue weighted by Gasteiger charge is 2.36. The van der Waals surface area contributed by atoms with Crippen LogP contribution in [0.1, 0.15) is 5.56 Å². The second-order valence-corrected chi connectivity index (χ2v) is 10.8. The van der Waals surface area contributed by atoms with Gasteiger partial charge in [0.2, 0.25) is 0 Å². The first-order valence-electron chi connectivity index (χ1n) is 11.5. The van der Waals surface area contributed by atoms with Crippen molar-refractivity contribution in [3.8, 4) is 5.75 Å². The number of fused-ring (bicyclic) bond motifs is 2. The van der Waals surface area contributed by atoms with Crippen LogP contribution in [0.3, 0.4) is 0 Å². The maximum Gasteiger partial charge on any atom is 0.263 e. The van der Waals surface area contributed by atoms with Crippen molar-refractivity contribution in [3.05, 3.63) is 60.4 Å². The molecule has 0 amide bonds. The number of nitrogens with one attached hydrogen (secondary N) is 2. The topological polar surface area (TPSA) is 115 Å². The monoisotopic (exact) mass is 494 g/mol. The van der Waals surface area contributed by atoms with Crippen molar-refractivity contribution in [2.45, 2.75) is 11.4 Å². The summed E-state index contributed by atoms with van der Waals surface area (Å²) in [6, 6.07) is 12.5. The van der Waals surface area contributed by atoms with Crippen LogP contribution in [0.4, 0.5) is 11.5 Å². The summed E-state index contributed by atoms with van der Waals surface area (Å²) in [5.41, 5.74) is 2.23. The van der Waals surface area contributed by atoms with E-state index in [4.69, 9.17) is 9.26 Å². The van der Waals surface area contributed by atoms with E-state index in [-0.39, 0.29) is 10.7 Å². The first-order chi connectivity index (χ1) is 17.0. The predicted octanol–water partition coefficient (Wildman–Crippen LogP) is 2.54. The average Bonchev–Trinajstić information content (AvgIpc) is 3.64. The maximum atomic E-state index is 13.3. The summed E-state index contributed by atoms with van der Waals surface area (Å²) in [5, 5.41) is 12.1. The molecule has 11 heteroatoms. The lowest BCUT2D eigenvalue weighted by Gasteiger charge is -2.20. The van der Waals surface area contributed by atoms with E-state index in [1.54, 1.807) is 29.1 Å². The Balaban J connectivity index is 1.27. The Kier molecular flexibility index (Phi) is 5.37. The Labute approximate surface area is 202 Å². The van der Waals surface area contributed by atoms with Gasteiger partial charge in [-0.15, -0.1) is 0 Å². The fourth-order valence-corrected chi connectivity index (χ4v) is 6.14. The van der Waals surface area contributed by atoms with Crippen molar-refractivity contribution in [1.29, 1.82) is 0 Å². The van der Waals surface area contributed by atoms with Crippen molar-refractivity contribution in [2.75, 3.05) is 42.9 Å². The molecule has 0 bridgehead atoms. The van der Waals surface area contributed by atoms with Crippen LogP contribution in [0.25, 0.3) is 11.0 Å². The van der Waals surface area contributed by atoms with Gasteiger partial charge in [-0.1, -0.05) is 11.2 Å². The SMILES string of the molecule is COc1cc(Cn2cccn2)cc2onc(NS(=O)(=O)c3cccc(N4C[C@@H]5CNC[C@H]5C4)c3)c12. The van der Waals surface area contributed by atoms with Crippen LogP contribution < -0.4 is 19.7 Å². The molecule has 2 aromatic carbocycles. The molecule has 0 aliphatic carbocycles. The number of rotatable bonds is 7. The summed E-state index contributed by atoms with van der Waals surface area (Å²) < 4.78 is 42.0. The largest absolute Gasteiger partial charge is 0.496 e. The molecule has 0 spiro atoms. The first kappa shape index (κ1) is 21.9. The molecular weight excluding hydrogens is 468 g/mol. The zero-order valence-corrected chi connectivity index (χ0v) is 20.0. The van der Waals surface area contributed by atoms with E-state index < -0.39 is 10.0 Å². The molecule has 2 aliphatic heterocycles. The minimum Gasteiger partial charge on any atom is -0.496 e. The fourth-order valence-electron chi connectivity index (χ4n) is 5.09. The summed E-state index contributed by atoms with van der Waals surface area (Å²) >= 11 is 0. The van der Waals surface area contributed by atoms with Gasteiger partial charge in [0.1, 0.15) is 11.1 Å². The maximum absolute atomic E-state index is 13.3. The molecule has 2 atom stereocenters. The number of aromatic nitrogens is 3. The molecule has 0 saturated carbocycles. The van der Waals surface area contributed by atoms with Gasteiger partial charge in [-0.25, -0.2) is 8.42 Å². The Bertz CT molecular complexity index is 1450. The van der Waals surface area contributed by atoms with Crippen molar-refractivity contribution in [1.82, 2.24) is 20.3 Å². The Morgan fingerprint density at radius 3 is 2.74 bits per heavy atom. The van der Waals surface area contributed by atoms with Crippen LogP contribution in [0.2, 0.25) is 0 Å². The highest BCUT2D eigenvalue weighted by molar-refractivity contribution is 7.92. The van der Waals surface area contributed by atoms with Crippen molar-refractivity contribution in [3.63, 3.8) is 0 Å². The van der Waals surface area contributed by atoms with Crippen LogP contribution in [0, 0.1) is 11.8 Å². The molecule has 4 aromatic rings. The lowest BCUT2D eigenvalue weighted by Crippen LogP contribution is -2.25. The van der Waals surface area contributed by atoms with E-state index in [2.05, 4.69) is 25.2 Å². The summed E-state index contributed by atoms with van der Waals surface area (Å²) in [5.74, 6) is 1.78. The third-order valence-electron chi connectivity index (χ3n) is 6.84. The fraction of sp³-hybridized carbons (Fsp3) is 0.333. The van der Waals surface area contributed by atoms with Gasteiger partial charge in [-0.05, 0) is 53.8 Å². The highest BCUT2D eigenvalue weighted by atomic mass is 32.2. The Hall–Kier alpha value is -3.57. The Morgan fingerprint density at radius 1 is 1.17 bits per heavy atom. The van der Waals surface area contributed by atoms with Gasteiger partial charge >= 0.3 is 0 Å². The zero-order valence-electron chi connectivity index (χ0n) is 19.2. The molecule has 2 fully saturated rings. The van der Waals surface area contributed by atoms with Gasteiger partial charge in [0.05, 0.1) is 18.6 Å². The third-order valence-corrected chi connectivity index (χ3v) is 8.17. The molecular formula is C24H26N6O4S. The van der Waals surface area contributed by atoms with Gasteiger partial charge in [0, 0.05) is 44.3 Å². The van der Waals surface area contributed by atoms with Crippen molar-refractivity contribution < 1.29 is 17.7 Å². The smallest absolute Gasteiger partial charge is 0.263 e. The quantitative estimate of drug-likeness (QED) is 0.403. The summed E-state index contributed by atoms with van der Waals surface area (Å²) in [4.78, 5) is 2.45. The lowest BCUT2D eigenvalue weighted by molar-refractivity contribution is 0.418. The van der Waals surface area contributed by atoms with E-state index >= 15 is 0 Å². The predicted molar refractivity (Wildman–Crippen MR) is 131 cm³/mol.